The van der Waals surface area contributed by atoms with Gasteiger partial charge in [-0.15, -0.1) is 0 Å². The Hall–Kier alpha value is -2.18. The highest BCUT2D eigenvalue weighted by Gasteiger charge is 2.23. The van der Waals surface area contributed by atoms with Crippen LogP contribution < -0.4 is 10.1 Å². The minimum Gasteiger partial charge on any atom is -0.490 e. The average molecular weight is 369 g/mol. The molecular weight excluding hydrogens is 342 g/mol. The summed E-state index contributed by atoms with van der Waals surface area (Å²) in [6.45, 7) is 3.05. The number of aliphatic hydroxyl groups excluding tert-OH is 2. The van der Waals surface area contributed by atoms with Gasteiger partial charge < -0.3 is 25.0 Å². The molecule has 144 valence electrons. The predicted octanol–water partition coefficient (Wildman–Crippen LogP) is 2.85. The van der Waals surface area contributed by atoms with Crippen LogP contribution in [0.3, 0.4) is 0 Å². The van der Waals surface area contributed by atoms with Crippen molar-refractivity contribution in [3.05, 3.63) is 54.1 Å². The SMILES string of the molecule is COCCOc1c2ccccc2c(CNC(C)(CO)CO)c2ccccc12. The lowest BCUT2D eigenvalue weighted by Gasteiger charge is -2.27. The summed E-state index contributed by atoms with van der Waals surface area (Å²) in [7, 11) is 1.66. The van der Waals surface area contributed by atoms with Crippen molar-refractivity contribution < 1.29 is 19.7 Å². The summed E-state index contributed by atoms with van der Waals surface area (Å²) >= 11 is 0. The lowest BCUT2D eigenvalue weighted by Crippen LogP contribution is -2.48. The smallest absolute Gasteiger partial charge is 0.135 e. The third-order valence-corrected chi connectivity index (χ3v) is 4.92. The summed E-state index contributed by atoms with van der Waals surface area (Å²) in [4.78, 5) is 0. The highest BCUT2D eigenvalue weighted by molar-refractivity contribution is 6.08. The summed E-state index contributed by atoms with van der Waals surface area (Å²) in [6, 6.07) is 16.3. The molecule has 0 radical (unpaired) electrons. The molecular formula is C22H27NO4. The van der Waals surface area contributed by atoms with Gasteiger partial charge in [0.05, 0.1) is 25.4 Å². The fraction of sp³-hybridized carbons (Fsp3) is 0.364. The van der Waals surface area contributed by atoms with Gasteiger partial charge in [-0.3, -0.25) is 0 Å². The number of hydrogen-bond donors (Lipinski definition) is 3. The number of nitrogens with one attached hydrogen (secondary N) is 1. The van der Waals surface area contributed by atoms with Crippen LogP contribution in [-0.4, -0.2) is 49.3 Å². The molecule has 5 nitrogen and oxygen atoms in total. The van der Waals surface area contributed by atoms with Crippen LogP contribution in [0.5, 0.6) is 5.75 Å². The lowest BCUT2D eigenvalue weighted by molar-refractivity contribution is 0.103. The number of benzene rings is 3. The Bertz CT molecular complexity index is 848. The zero-order valence-electron chi connectivity index (χ0n) is 15.9. The Kier molecular flexibility index (Phi) is 6.29. The van der Waals surface area contributed by atoms with Crippen molar-refractivity contribution in [3.8, 4) is 5.75 Å². The number of rotatable bonds is 9. The molecule has 0 fully saturated rings. The maximum Gasteiger partial charge on any atom is 0.135 e. The Morgan fingerprint density at radius 2 is 1.37 bits per heavy atom. The van der Waals surface area contributed by atoms with E-state index in [-0.39, 0.29) is 13.2 Å². The minimum atomic E-state index is -0.740. The van der Waals surface area contributed by atoms with Crippen LogP contribution in [0.4, 0.5) is 0 Å². The fourth-order valence-corrected chi connectivity index (χ4v) is 3.22. The lowest BCUT2D eigenvalue weighted by atomic mass is 9.94. The van der Waals surface area contributed by atoms with Gasteiger partial charge in [0.2, 0.25) is 0 Å². The molecule has 27 heavy (non-hydrogen) atoms. The first-order valence-corrected chi connectivity index (χ1v) is 9.14. The van der Waals surface area contributed by atoms with E-state index in [4.69, 9.17) is 9.47 Å². The molecule has 0 amide bonds. The number of aliphatic hydroxyl groups is 2. The normalized spacial score (nSPS) is 12.0. The maximum atomic E-state index is 9.60. The molecule has 0 bridgehead atoms. The van der Waals surface area contributed by atoms with Crippen molar-refractivity contribution in [2.75, 3.05) is 33.5 Å². The zero-order valence-corrected chi connectivity index (χ0v) is 15.9. The first-order chi connectivity index (χ1) is 13.1. The Morgan fingerprint density at radius 3 is 1.85 bits per heavy atom. The Balaban J connectivity index is 2.14. The van der Waals surface area contributed by atoms with Gasteiger partial charge in [0.25, 0.3) is 0 Å². The van der Waals surface area contributed by atoms with Gasteiger partial charge in [0.1, 0.15) is 12.4 Å². The van der Waals surface area contributed by atoms with E-state index >= 15 is 0 Å². The highest BCUT2D eigenvalue weighted by atomic mass is 16.5. The van der Waals surface area contributed by atoms with E-state index in [1.807, 2.05) is 24.3 Å². The van der Waals surface area contributed by atoms with Gasteiger partial charge in [-0.1, -0.05) is 48.5 Å². The molecule has 3 aromatic carbocycles. The number of fused-ring (bicyclic) bond motifs is 2. The van der Waals surface area contributed by atoms with E-state index in [1.165, 1.54) is 0 Å². The Morgan fingerprint density at radius 1 is 0.852 bits per heavy atom. The summed E-state index contributed by atoms with van der Waals surface area (Å²) in [5.41, 5.74) is 0.379. The van der Waals surface area contributed by atoms with Gasteiger partial charge in [-0.2, -0.15) is 0 Å². The molecule has 0 spiro atoms. The molecule has 3 aromatic rings. The van der Waals surface area contributed by atoms with Gasteiger partial charge in [0.15, 0.2) is 0 Å². The van der Waals surface area contributed by atoms with Gasteiger partial charge in [-0.25, -0.2) is 0 Å². The molecule has 0 atom stereocenters. The van der Waals surface area contributed by atoms with Crippen LogP contribution in [0.15, 0.2) is 48.5 Å². The molecule has 0 aliphatic rings. The second-order valence-electron chi connectivity index (χ2n) is 6.97. The summed E-state index contributed by atoms with van der Waals surface area (Å²) in [5.74, 6) is 0.856. The molecule has 0 saturated heterocycles. The molecule has 0 aromatic heterocycles. The van der Waals surface area contributed by atoms with E-state index in [9.17, 15) is 10.2 Å². The van der Waals surface area contributed by atoms with E-state index in [1.54, 1.807) is 14.0 Å². The van der Waals surface area contributed by atoms with Gasteiger partial charge in [-0.05, 0) is 23.3 Å². The first-order valence-electron chi connectivity index (χ1n) is 9.14. The second kappa shape index (κ2) is 8.67. The summed E-state index contributed by atoms with van der Waals surface area (Å²) in [5, 5.41) is 26.8. The molecule has 3 rings (SSSR count). The maximum absolute atomic E-state index is 9.60. The Labute approximate surface area is 159 Å². The van der Waals surface area contributed by atoms with E-state index in [2.05, 4.69) is 29.6 Å². The van der Waals surface area contributed by atoms with Crippen molar-refractivity contribution in [2.45, 2.75) is 19.0 Å². The first kappa shape index (κ1) is 19.6. The zero-order chi connectivity index (χ0) is 19.3. The molecule has 0 aliphatic heterocycles. The summed E-state index contributed by atoms with van der Waals surface area (Å²) < 4.78 is 11.2. The van der Waals surface area contributed by atoms with Crippen molar-refractivity contribution in [3.63, 3.8) is 0 Å². The number of hydrogen-bond acceptors (Lipinski definition) is 5. The van der Waals surface area contributed by atoms with Gasteiger partial charge >= 0.3 is 0 Å². The van der Waals surface area contributed by atoms with Crippen LogP contribution in [0.2, 0.25) is 0 Å². The fourth-order valence-electron chi connectivity index (χ4n) is 3.22. The van der Waals surface area contributed by atoms with E-state index in [0.717, 1.165) is 32.9 Å². The minimum absolute atomic E-state index is 0.141. The quantitative estimate of drug-likeness (QED) is 0.400. The topological polar surface area (TPSA) is 71.0 Å². The largest absolute Gasteiger partial charge is 0.490 e. The van der Waals surface area contributed by atoms with Crippen LogP contribution in [-0.2, 0) is 11.3 Å². The van der Waals surface area contributed by atoms with Crippen molar-refractivity contribution >= 4 is 21.5 Å². The number of ether oxygens (including phenoxy) is 2. The van der Waals surface area contributed by atoms with Crippen LogP contribution in [0.25, 0.3) is 21.5 Å². The standard InChI is InChI=1S/C22H27NO4/c1-22(14-24,15-25)23-13-20-16-7-3-5-9-18(16)21(27-12-11-26-2)19-10-6-4-8-17(19)20/h3-10,23-25H,11-15H2,1-2H3. The van der Waals surface area contributed by atoms with Crippen LogP contribution in [0, 0.1) is 0 Å². The third kappa shape index (κ3) is 4.06. The van der Waals surface area contributed by atoms with Gasteiger partial charge in [0, 0.05) is 24.4 Å². The second-order valence-corrected chi connectivity index (χ2v) is 6.97. The molecule has 0 heterocycles. The molecule has 5 heteroatoms. The van der Waals surface area contributed by atoms with Crippen LogP contribution >= 0.6 is 0 Å². The predicted molar refractivity (Wildman–Crippen MR) is 108 cm³/mol. The molecule has 3 N–H and O–H groups in total. The van der Waals surface area contributed by atoms with Crippen LogP contribution in [0.1, 0.15) is 12.5 Å². The van der Waals surface area contributed by atoms with E-state index < -0.39 is 5.54 Å². The molecule has 0 unspecified atom stereocenters. The molecule has 0 saturated carbocycles. The average Bonchev–Trinajstić information content (AvgIpc) is 2.72. The molecule has 0 aliphatic carbocycles. The highest BCUT2D eigenvalue weighted by Crippen LogP contribution is 2.38. The summed E-state index contributed by atoms with van der Waals surface area (Å²) in [6.07, 6.45) is 0. The third-order valence-electron chi connectivity index (χ3n) is 4.92. The van der Waals surface area contributed by atoms with Crippen molar-refractivity contribution in [2.24, 2.45) is 0 Å². The van der Waals surface area contributed by atoms with Crippen molar-refractivity contribution in [1.82, 2.24) is 5.32 Å². The van der Waals surface area contributed by atoms with Crippen molar-refractivity contribution in [1.29, 1.82) is 0 Å². The number of methoxy groups -OCH3 is 1. The monoisotopic (exact) mass is 369 g/mol. The van der Waals surface area contributed by atoms with E-state index in [0.29, 0.717) is 19.8 Å².